The Morgan fingerprint density at radius 1 is 0.912 bits per heavy atom. The van der Waals surface area contributed by atoms with Crippen molar-refractivity contribution in [3.63, 3.8) is 0 Å². The van der Waals surface area contributed by atoms with Gasteiger partial charge in [0.1, 0.15) is 5.82 Å². The molecule has 6 nitrogen and oxygen atoms in total. The van der Waals surface area contributed by atoms with Crippen LogP contribution in [0.3, 0.4) is 0 Å². The zero-order valence-corrected chi connectivity index (χ0v) is 18.8. The smallest absolute Gasteiger partial charge is 0.258 e. The van der Waals surface area contributed by atoms with Gasteiger partial charge in [0.05, 0.1) is 17.0 Å². The van der Waals surface area contributed by atoms with E-state index >= 15 is 0 Å². The maximum atomic E-state index is 13.7. The zero-order chi connectivity index (χ0) is 23.7. The summed E-state index contributed by atoms with van der Waals surface area (Å²) in [5, 5.41) is 6.13. The quantitative estimate of drug-likeness (QED) is 0.579. The summed E-state index contributed by atoms with van der Waals surface area (Å²) in [7, 11) is 2.06. The number of carbonyl (C=O) groups excluding carboxylic acids is 2. The van der Waals surface area contributed by atoms with Gasteiger partial charge in [-0.15, -0.1) is 0 Å². The molecule has 3 aromatic carbocycles. The molecule has 0 aliphatic carbocycles. The molecule has 0 unspecified atom stereocenters. The molecule has 0 aromatic heterocycles. The highest BCUT2D eigenvalue weighted by molar-refractivity contribution is 6.37. The van der Waals surface area contributed by atoms with Gasteiger partial charge >= 0.3 is 0 Å². The highest BCUT2D eigenvalue weighted by Gasteiger charge is 2.29. The van der Waals surface area contributed by atoms with E-state index in [4.69, 9.17) is 0 Å². The second kappa shape index (κ2) is 9.11. The third-order valence-electron chi connectivity index (χ3n) is 6.23. The van der Waals surface area contributed by atoms with Crippen molar-refractivity contribution in [3.05, 3.63) is 95.3 Å². The van der Waals surface area contributed by atoms with Crippen molar-refractivity contribution >= 4 is 34.5 Å². The highest BCUT2D eigenvalue weighted by Crippen LogP contribution is 2.37. The summed E-state index contributed by atoms with van der Waals surface area (Å²) in [6.45, 7) is 3.17. The van der Waals surface area contributed by atoms with Crippen LogP contribution in [-0.4, -0.2) is 54.8 Å². The third kappa shape index (κ3) is 4.30. The molecular formula is C27H25FN4O2. The number of halogens is 1. The second-order valence-electron chi connectivity index (χ2n) is 8.56. The predicted molar refractivity (Wildman–Crippen MR) is 132 cm³/mol. The van der Waals surface area contributed by atoms with E-state index < -0.39 is 5.82 Å². The first-order valence-electron chi connectivity index (χ1n) is 11.3. The number of piperazine rings is 1. The summed E-state index contributed by atoms with van der Waals surface area (Å²) in [6, 6.07) is 21.1. The fourth-order valence-corrected chi connectivity index (χ4v) is 4.31. The number of rotatable bonds is 4. The molecule has 0 radical (unpaired) electrons. The average molecular weight is 457 g/mol. The van der Waals surface area contributed by atoms with Gasteiger partial charge in [0.2, 0.25) is 0 Å². The third-order valence-corrected chi connectivity index (χ3v) is 6.23. The van der Waals surface area contributed by atoms with Crippen LogP contribution in [0.15, 0.2) is 72.8 Å². The maximum Gasteiger partial charge on any atom is 0.258 e. The molecule has 0 spiro atoms. The minimum Gasteiger partial charge on any atom is -0.354 e. The minimum absolute atomic E-state index is 0.0208. The number of fused-ring (bicyclic) bond motifs is 1. The molecule has 0 saturated carbocycles. The maximum absolute atomic E-state index is 13.7. The largest absolute Gasteiger partial charge is 0.354 e. The van der Waals surface area contributed by atoms with Gasteiger partial charge < -0.3 is 20.4 Å². The van der Waals surface area contributed by atoms with Gasteiger partial charge in [0, 0.05) is 43.0 Å². The highest BCUT2D eigenvalue weighted by atomic mass is 19.1. The Morgan fingerprint density at radius 3 is 2.32 bits per heavy atom. The Balaban J connectivity index is 1.46. The number of benzene rings is 3. The fraction of sp³-hybridized carbons (Fsp3) is 0.185. The minimum atomic E-state index is -0.407. The van der Waals surface area contributed by atoms with Gasteiger partial charge in [-0.25, -0.2) is 4.39 Å². The van der Waals surface area contributed by atoms with E-state index in [-0.39, 0.29) is 11.8 Å². The van der Waals surface area contributed by atoms with Gasteiger partial charge in [-0.05, 0) is 55.1 Å². The number of amides is 2. The van der Waals surface area contributed by atoms with Crippen LogP contribution in [0, 0.1) is 5.82 Å². The van der Waals surface area contributed by atoms with Crippen molar-refractivity contribution in [3.8, 4) is 0 Å². The molecule has 7 heteroatoms. The molecule has 1 fully saturated rings. The van der Waals surface area contributed by atoms with Crippen LogP contribution in [0.1, 0.15) is 21.5 Å². The van der Waals surface area contributed by atoms with E-state index in [1.54, 1.807) is 18.2 Å². The molecule has 0 bridgehead atoms. The van der Waals surface area contributed by atoms with Gasteiger partial charge in [0.25, 0.3) is 11.8 Å². The Morgan fingerprint density at radius 2 is 1.62 bits per heavy atom. The van der Waals surface area contributed by atoms with Gasteiger partial charge in [0.15, 0.2) is 0 Å². The number of hydrogen-bond acceptors (Lipinski definition) is 4. The molecule has 2 heterocycles. The van der Waals surface area contributed by atoms with Crippen LogP contribution in [0.4, 0.5) is 15.8 Å². The molecule has 2 N–H and O–H groups in total. The summed E-state index contributed by atoms with van der Waals surface area (Å²) < 4.78 is 13.7. The first-order chi connectivity index (χ1) is 16.5. The predicted octanol–water partition coefficient (Wildman–Crippen LogP) is 4.15. The molecule has 5 rings (SSSR count). The normalized spacial score (nSPS) is 17.2. The molecule has 1 saturated heterocycles. The monoisotopic (exact) mass is 456 g/mol. The number of anilines is 2. The van der Waals surface area contributed by atoms with E-state index in [1.165, 1.54) is 12.1 Å². The van der Waals surface area contributed by atoms with Crippen LogP contribution in [-0.2, 0) is 4.79 Å². The zero-order valence-electron chi connectivity index (χ0n) is 18.8. The molecule has 0 atom stereocenters. The van der Waals surface area contributed by atoms with Crippen molar-refractivity contribution in [1.82, 2.24) is 9.80 Å². The summed E-state index contributed by atoms with van der Waals surface area (Å²) in [6.07, 6.45) is 0. The van der Waals surface area contributed by atoms with Gasteiger partial charge in [-0.2, -0.15) is 0 Å². The van der Waals surface area contributed by atoms with Crippen LogP contribution in [0.25, 0.3) is 11.3 Å². The Hall–Kier alpha value is -3.97. The molecule has 2 amide bonds. The van der Waals surface area contributed by atoms with Crippen LogP contribution in [0.2, 0.25) is 0 Å². The lowest BCUT2D eigenvalue weighted by Crippen LogP contribution is -2.47. The van der Waals surface area contributed by atoms with Crippen molar-refractivity contribution in [2.75, 3.05) is 43.9 Å². The van der Waals surface area contributed by atoms with Crippen LogP contribution >= 0.6 is 0 Å². The summed E-state index contributed by atoms with van der Waals surface area (Å²) in [4.78, 5) is 29.9. The van der Waals surface area contributed by atoms with E-state index in [2.05, 4.69) is 22.6 Å². The topological polar surface area (TPSA) is 64.7 Å². The lowest BCUT2D eigenvalue weighted by Gasteiger charge is -2.32. The molecule has 34 heavy (non-hydrogen) atoms. The molecular weight excluding hydrogens is 431 g/mol. The number of carbonyl (C=O) groups is 2. The fourth-order valence-electron chi connectivity index (χ4n) is 4.31. The average Bonchev–Trinajstić information content (AvgIpc) is 3.18. The Kier molecular flexibility index (Phi) is 5.86. The second-order valence-corrected chi connectivity index (χ2v) is 8.56. The summed E-state index contributed by atoms with van der Waals surface area (Å²) >= 11 is 0. The van der Waals surface area contributed by atoms with E-state index in [0.717, 1.165) is 24.3 Å². The van der Waals surface area contributed by atoms with Crippen molar-refractivity contribution in [2.45, 2.75) is 0 Å². The molecule has 3 aromatic rings. The van der Waals surface area contributed by atoms with E-state index in [9.17, 15) is 14.0 Å². The standard InChI is InChI=1S/C27H25FN4O2/c1-31-13-15-32(16-14-31)27(34)19-7-10-21(11-8-19)29-25(18-5-3-2-4-6-18)24-22-12-9-20(28)17-23(22)30-26(24)33/h2-12,17,29H,13-16H2,1H3,(H,30,33). The van der Waals surface area contributed by atoms with Gasteiger partial charge in [-0.3, -0.25) is 9.59 Å². The first kappa shape index (κ1) is 21.9. The SMILES string of the molecule is CN1CCN(C(=O)c2ccc(NC(=C3C(=O)Nc4cc(F)ccc43)c3ccccc3)cc2)CC1. The summed E-state index contributed by atoms with van der Waals surface area (Å²) in [5.41, 5.74) is 4.33. The van der Waals surface area contributed by atoms with E-state index in [1.807, 2.05) is 47.4 Å². The number of likely N-dealkylation sites (N-methyl/N-ethyl adjacent to an activating group) is 1. The van der Waals surface area contributed by atoms with Crippen LogP contribution < -0.4 is 10.6 Å². The Labute approximate surface area is 197 Å². The van der Waals surface area contributed by atoms with E-state index in [0.29, 0.717) is 41.2 Å². The number of hydrogen-bond donors (Lipinski definition) is 2. The summed E-state index contributed by atoms with van der Waals surface area (Å²) in [5.74, 6) is -0.684. The lowest BCUT2D eigenvalue weighted by molar-refractivity contribution is -0.110. The number of nitrogens with one attached hydrogen (secondary N) is 2. The van der Waals surface area contributed by atoms with Gasteiger partial charge in [-0.1, -0.05) is 30.3 Å². The number of nitrogens with zero attached hydrogens (tertiary/aromatic N) is 2. The molecule has 172 valence electrons. The first-order valence-corrected chi connectivity index (χ1v) is 11.3. The molecule has 2 aliphatic heterocycles. The van der Waals surface area contributed by atoms with Crippen molar-refractivity contribution in [2.24, 2.45) is 0 Å². The molecule has 2 aliphatic rings. The van der Waals surface area contributed by atoms with Crippen LogP contribution in [0.5, 0.6) is 0 Å². The Bertz CT molecular complexity index is 1260. The van der Waals surface area contributed by atoms with Crippen molar-refractivity contribution in [1.29, 1.82) is 0 Å². The lowest BCUT2D eigenvalue weighted by atomic mass is 10.00. The van der Waals surface area contributed by atoms with Crippen molar-refractivity contribution < 1.29 is 14.0 Å².